The maximum absolute atomic E-state index is 13.3. The van der Waals surface area contributed by atoms with Crippen molar-refractivity contribution in [2.45, 2.75) is 13.0 Å². The van der Waals surface area contributed by atoms with Gasteiger partial charge < -0.3 is 9.84 Å². The second-order valence-corrected chi connectivity index (χ2v) is 3.60. The molecule has 1 rings (SSSR count). The van der Waals surface area contributed by atoms with Crippen LogP contribution in [-0.4, -0.2) is 12.2 Å². The maximum Gasteiger partial charge on any atom is 0.133 e. The van der Waals surface area contributed by atoms with E-state index in [-0.39, 0.29) is 5.56 Å². The number of methoxy groups -OCH3 is 1. The normalized spacial score (nSPS) is 12.7. The molecule has 0 unspecified atom stereocenters. The molecule has 0 heterocycles. The highest BCUT2D eigenvalue weighted by Crippen LogP contribution is 2.31. The molecule has 1 N–H and O–H groups in total. The van der Waals surface area contributed by atoms with Crippen LogP contribution in [0, 0.1) is 5.82 Å². The lowest BCUT2D eigenvalue weighted by Crippen LogP contribution is -2.00. The first kappa shape index (κ1) is 10.5. The highest BCUT2D eigenvalue weighted by molar-refractivity contribution is 9.10. The molecule has 0 spiro atoms. The topological polar surface area (TPSA) is 29.5 Å². The summed E-state index contributed by atoms with van der Waals surface area (Å²) in [7, 11) is 1.44. The number of aliphatic hydroxyl groups excluding tert-OH is 1. The van der Waals surface area contributed by atoms with Gasteiger partial charge in [-0.25, -0.2) is 4.39 Å². The van der Waals surface area contributed by atoms with E-state index in [0.29, 0.717) is 10.2 Å². The van der Waals surface area contributed by atoms with Gasteiger partial charge in [0.05, 0.1) is 18.8 Å². The molecule has 2 nitrogen and oxygen atoms in total. The largest absolute Gasteiger partial charge is 0.496 e. The third-order valence-corrected chi connectivity index (χ3v) is 2.15. The maximum atomic E-state index is 13.3. The Balaban J connectivity index is 3.30. The van der Waals surface area contributed by atoms with Crippen molar-refractivity contribution in [1.29, 1.82) is 0 Å². The number of aliphatic hydroxyl groups is 1. The Morgan fingerprint density at radius 2 is 2.15 bits per heavy atom. The first-order valence-electron chi connectivity index (χ1n) is 3.77. The van der Waals surface area contributed by atoms with Gasteiger partial charge in [0.15, 0.2) is 0 Å². The molecule has 0 amide bonds. The van der Waals surface area contributed by atoms with Crippen molar-refractivity contribution in [3.05, 3.63) is 28.0 Å². The second-order valence-electron chi connectivity index (χ2n) is 2.68. The fourth-order valence-corrected chi connectivity index (χ4v) is 1.54. The van der Waals surface area contributed by atoms with E-state index in [2.05, 4.69) is 15.9 Å². The van der Waals surface area contributed by atoms with Gasteiger partial charge in [-0.1, -0.05) is 15.9 Å². The first-order chi connectivity index (χ1) is 6.06. The van der Waals surface area contributed by atoms with E-state index in [1.54, 1.807) is 6.07 Å². The fourth-order valence-electron chi connectivity index (χ4n) is 1.14. The molecule has 1 aromatic carbocycles. The first-order valence-corrected chi connectivity index (χ1v) is 4.56. The van der Waals surface area contributed by atoms with Crippen LogP contribution in [0.4, 0.5) is 4.39 Å². The number of hydrogen-bond acceptors (Lipinski definition) is 2. The number of benzene rings is 1. The molecule has 4 heteroatoms. The number of rotatable bonds is 2. The second kappa shape index (κ2) is 4.07. The van der Waals surface area contributed by atoms with Gasteiger partial charge in [0.1, 0.15) is 11.6 Å². The summed E-state index contributed by atoms with van der Waals surface area (Å²) in [6, 6.07) is 2.91. The summed E-state index contributed by atoms with van der Waals surface area (Å²) < 4.78 is 18.8. The van der Waals surface area contributed by atoms with Gasteiger partial charge >= 0.3 is 0 Å². The number of ether oxygens (including phenoxy) is 1. The van der Waals surface area contributed by atoms with Crippen molar-refractivity contribution in [2.24, 2.45) is 0 Å². The van der Waals surface area contributed by atoms with Crippen molar-refractivity contribution < 1.29 is 14.2 Å². The van der Waals surface area contributed by atoms with Crippen LogP contribution in [-0.2, 0) is 0 Å². The number of hydrogen-bond donors (Lipinski definition) is 1. The standard InChI is InChI=1S/C9H10BrFO2/c1-5(12)9-7(11)3-6(10)4-8(9)13-2/h3-5,12H,1-2H3/t5-/m0/s1. The molecule has 1 aromatic rings. The van der Waals surface area contributed by atoms with Crippen LogP contribution >= 0.6 is 15.9 Å². The Bertz CT molecular complexity index is 313. The lowest BCUT2D eigenvalue weighted by atomic mass is 10.1. The summed E-state index contributed by atoms with van der Waals surface area (Å²) in [5.41, 5.74) is 0.186. The van der Waals surface area contributed by atoms with Crippen molar-refractivity contribution in [3.63, 3.8) is 0 Å². The van der Waals surface area contributed by atoms with Gasteiger partial charge in [0.2, 0.25) is 0 Å². The van der Waals surface area contributed by atoms with E-state index in [9.17, 15) is 9.50 Å². The summed E-state index contributed by atoms with van der Waals surface area (Å²) >= 11 is 3.14. The predicted octanol–water partition coefficient (Wildman–Crippen LogP) is 2.65. The summed E-state index contributed by atoms with van der Waals surface area (Å²) in [5, 5.41) is 9.27. The highest BCUT2D eigenvalue weighted by Gasteiger charge is 2.15. The Morgan fingerprint density at radius 1 is 1.54 bits per heavy atom. The minimum Gasteiger partial charge on any atom is -0.496 e. The Kier molecular flexibility index (Phi) is 3.27. The van der Waals surface area contributed by atoms with Gasteiger partial charge in [0.25, 0.3) is 0 Å². The molecule has 0 saturated heterocycles. The van der Waals surface area contributed by atoms with Crippen LogP contribution in [0.2, 0.25) is 0 Å². The van der Waals surface area contributed by atoms with E-state index in [0.717, 1.165) is 0 Å². The zero-order valence-corrected chi connectivity index (χ0v) is 8.93. The van der Waals surface area contributed by atoms with Gasteiger partial charge in [-0.2, -0.15) is 0 Å². The van der Waals surface area contributed by atoms with Crippen LogP contribution in [0.5, 0.6) is 5.75 Å². The van der Waals surface area contributed by atoms with Gasteiger partial charge in [-0.15, -0.1) is 0 Å². The molecule has 0 aliphatic carbocycles. The van der Waals surface area contributed by atoms with Crippen molar-refractivity contribution in [3.8, 4) is 5.75 Å². The van der Waals surface area contributed by atoms with Crippen LogP contribution in [0.15, 0.2) is 16.6 Å². The van der Waals surface area contributed by atoms with E-state index < -0.39 is 11.9 Å². The molecule has 0 saturated carbocycles. The van der Waals surface area contributed by atoms with Gasteiger partial charge in [0, 0.05) is 4.47 Å². The SMILES string of the molecule is COc1cc(Br)cc(F)c1[C@H](C)O. The monoisotopic (exact) mass is 248 g/mol. The predicted molar refractivity (Wildman–Crippen MR) is 51.3 cm³/mol. The molecule has 0 aliphatic heterocycles. The Labute approximate surface area is 84.5 Å². The van der Waals surface area contributed by atoms with E-state index >= 15 is 0 Å². The van der Waals surface area contributed by atoms with Crippen molar-refractivity contribution in [1.82, 2.24) is 0 Å². The zero-order valence-electron chi connectivity index (χ0n) is 7.34. The lowest BCUT2D eigenvalue weighted by molar-refractivity contribution is 0.188. The molecule has 1 atom stereocenters. The molecule has 0 radical (unpaired) electrons. The lowest BCUT2D eigenvalue weighted by Gasteiger charge is -2.12. The van der Waals surface area contributed by atoms with Crippen molar-refractivity contribution >= 4 is 15.9 Å². The summed E-state index contributed by atoms with van der Waals surface area (Å²) in [6.45, 7) is 1.49. The molecule has 0 bridgehead atoms. The fraction of sp³-hybridized carbons (Fsp3) is 0.333. The summed E-state index contributed by atoms with van der Waals surface area (Å²) in [4.78, 5) is 0. The number of halogens is 2. The summed E-state index contributed by atoms with van der Waals surface area (Å²) in [5.74, 6) is -0.122. The van der Waals surface area contributed by atoms with E-state index in [1.807, 2.05) is 0 Å². The zero-order chi connectivity index (χ0) is 10.0. The average molecular weight is 249 g/mol. The summed E-state index contributed by atoms with van der Waals surface area (Å²) in [6.07, 6.45) is -0.872. The average Bonchev–Trinajstić information content (AvgIpc) is 2.01. The molecular weight excluding hydrogens is 239 g/mol. The highest BCUT2D eigenvalue weighted by atomic mass is 79.9. The molecule has 13 heavy (non-hydrogen) atoms. The van der Waals surface area contributed by atoms with Crippen LogP contribution in [0.3, 0.4) is 0 Å². The smallest absolute Gasteiger partial charge is 0.133 e. The minimum absolute atomic E-state index is 0.186. The third kappa shape index (κ3) is 2.19. The van der Waals surface area contributed by atoms with Crippen LogP contribution in [0.1, 0.15) is 18.6 Å². The van der Waals surface area contributed by atoms with Crippen molar-refractivity contribution in [2.75, 3.05) is 7.11 Å². The van der Waals surface area contributed by atoms with Gasteiger partial charge in [-0.05, 0) is 19.1 Å². The molecule has 0 aromatic heterocycles. The Morgan fingerprint density at radius 3 is 2.62 bits per heavy atom. The molecule has 0 aliphatic rings. The van der Waals surface area contributed by atoms with Gasteiger partial charge in [-0.3, -0.25) is 0 Å². The molecular formula is C9H10BrFO2. The molecule has 0 fully saturated rings. The quantitative estimate of drug-likeness (QED) is 0.873. The van der Waals surface area contributed by atoms with Crippen LogP contribution in [0.25, 0.3) is 0 Å². The van der Waals surface area contributed by atoms with Crippen LogP contribution < -0.4 is 4.74 Å². The minimum atomic E-state index is -0.872. The third-order valence-electron chi connectivity index (χ3n) is 1.69. The molecule has 72 valence electrons. The van der Waals surface area contributed by atoms with E-state index in [1.165, 1.54) is 20.1 Å². The Hall–Kier alpha value is -0.610. The van der Waals surface area contributed by atoms with E-state index in [4.69, 9.17) is 4.74 Å².